The van der Waals surface area contributed by atoms with E-state index < -0.39 is 15.9 Å². The van der Waals surface area contributed by atoms with Gasteiger partial charge in [0.2, 0.25) is 0 Å². The van der Waals surface area contributed by atoms with Gasteiger partial charge in [-0.3, -0.25) is 4.79 Å². The average Bonchev–Trinajstić information content (AvgIpc) is 2.85. The molecule has 1 N–H and O–H groups in total. The number of aryl methyl sites for hydroxylation is 2. The third-order valence-electron chi connectivity index (χ3n) is 3.15. The van der Waals surface area contributed by atoms with Crippen LogP contribution in [0.4, 0.5) is 0 Å². The van der Waals surface area contributed by atoms with Gasteiger partial charge in [-0.25, -0.2) is 13.1 Å². The normalized spacial score (nSPS) is 11.1. The van der Waals surface area contributed by atoms with Crippen LogP contribution in [-0.4, -0.2) is 33.7 Å². The molecule has 0 bridgehead atoms. The van der Waals surface area contributed by atoms with E-state index in [9.17, 15) is 13.2 Å². The van der Waals surface area contributed by atoms with Gasteiger partial charge in [0, 0.05) is 6.07 Å². The first-order chi connectivity index (χ1) is 10.8. The van der Waals surface area contributed by atoms with Crippen molar-refractivity contribution in [3.05, 3.63) is 35.2 Å². The number of methoxy groups -OCH3 is 2. The van der Waals surface area contributed by atoms with Gasteiger partial charge in [-0.2, -0.15) is 0 Å². The number of ether oxygens (including phenoxy) is 2. The van der Waals surface area contributed by atoms with Crippen molar-refractivity contribution in [1.29, 1.82) is 0 Å². The van der Waals surface area contributed by atoms with Gasteiger partial charge in [-0.1, -0.05) is 5.16 Å². The minimum absolute atomic E-state index is 0.0917. The number of rotatable bonds is 5. The maximum Gasteiger partial charge on any atom is 0.270 e. The number of nitrogens with one attached hydrogen (secondary N) is 1. The van der Waals surface area contributed by atoms with Crippen LogP contribution >= 0.6 is 0 Å². The summed E-state index contributed by atoms with van der Waals surface area (Å²) in [7, 11) is -1.26. The Bertz CT molecular complexity index is 821. The molecule has 1 aromatic heterocycles. The summed E-state index contributed by atoms with van der Waals surface area (Å²) in [6, 6.07) is 4.01. The second-order valence-electron chi connectivity index (χ2n) is 4.65. The van der Waals surface area contributed by atoms with Crippen LogP contribution in [-0.2, 0) is 10.0 Å². The molecule has 0 unspecified atom stereocenters. The maximum absolute atomic E-state index is 12.3. The van der Waals surface area contributed by atoms with E-state index in [1.807, 2.05) is 4.72 Å². The molecule has 1 heterocycles. The van der Waals surface area contributed by atoms with Crippen molar-refractivity contribution in [3.63, 3.8) is 0 Å². The highest BCUT2D eigenvalue weighted by Gasteiger charge is 2.24. The molecule has 0 atom stereocenters. The molecule has 0 radical (unpaired) electrons. The predicted molar refractivity (Wildman–Crippen MR) is 80.2 cm³/mol. The van der Waals surface area contributed by atoms with Crippen molar-refractivity contribution >= 4 is 15.9 Å². The van der Waals surface area contributed by atoms with Crippen LogP contribution < -0.4 is 14.2 Å². The standard InChI is InChI=1S/C14H16N2O6S/c1-8-13(9(2)22-15-8)14(17)16-23(18,19)10-5-6-11(20-3)12(7-10)21-4/h5-7H,1-4H3,(H,16,17). The maximum atomic E-state index is 12.3. The fraction of sp³-hybridized carbons (Fsp3) is 0.286. The molecule has 0 fully saturated rings. The SMILES string of the molecule is COc1ccc(S(=O)(=O)NC(=O)c2c(C)noc2C)cc1OC. The molecule has 0 saturated carbocycles. The minimum atomic E-state index is -4.08. The molecule has 2 rings (SSSR count). The third kappa shape index (κ3) is 3.29. The smallest absolute Gasteiger partial charge is 0.270 e. The van der Waals surface area contributed by atoms with Crippen molar-refractivity contribution < 1.29 is 27.2 Å². The van der Waals surface area contributed by atoms with E-state index >= 15 is 0 Å². The number of sulfonamides is 1. The summed E-state index contributed by atoms with van der Waals surface area (Å²) in [6.45, 7) is 3.08. The molecule has 1 aromatic carbocycles. The van der Waals surface area contributed by atoms with Crippen molar-refractivity contribution in [2.24, 2.45) is 0 Å². The molecule has 0 aliphatic rings. The molecule has 0 spiro atoms. The summed E-state index contributed by atoms with van der Waals surface area (Å²) < 4.78 is 41.6. The van der Waals surface area contributed by atoms with E-state index in [4.69, 9.17) is 14.0 Å². The summed E-state index contributed by atoms with van der Waals surface area (Å²) in [5, 5.41) is 3.62. The molecule has 9 heteroatoms. The largest absolute Gasteiger partial charge is 0.493 e. The molecule has 8 nitrogen and oxygen atoms in total. The molecule has 23 heavy (non-hydrogen) atoms. The molecule has 0 aliphatic heterocycles. The van der Waals surface area contributed by atoms with Gasteiger partial charge in [0.1, 0.15) is 11.3 Å². The van der Waals surface area contributed by atoms with Gasteiger partial charge in [0.25, 0.3) is 15.9 Å². The highest BCUT2D eigenvalue weighted by Crippen LogP contribution is 2.29. The van der Waals surface area contributed by atoms with Crippen LogP contribution in [0.2, 0.25) is 0 Å². The van der Waals surface area contributed by atoms with E-state index in [0.717, 1.165) is 0 Å². The Morgan fingerprint density at radius 1 is 1.17 bits per heavy atom. The number of nitrogens with zero attached hydrogens (tertiary/aromatic N) is 1. The number of hydrogen-bond donors (Lipinski definition) is 1. The predicted octanol–water partition coefficient (Wildman–Crippen LogP) is 1.43. The van der Waals surface area contributed by atoms with Crippen LogP contribution in [0.5, 0.6) is 11.5 Å². The Morgan fingerprint density at radius 2 is 1.83 bits per heavy atom. The van der Waals surface area contributed by atoms with E-state index in [0.29, 0.717) is 11.4 Å². The Labute approximate surface area is 133 Å². The molecular formula is C14H16N2O6S. The lowest BCUT2D eigenvalue weighted by molar-refractivity contribution is 0.0979. The Hall–Kier alpha value is -2.55. The molecule has 124 valence electrons. The molecule has 0 aliphatic carbocycles. The first-order valence-electron chi connectivity index (χ1n) is 6.52. The van der Waals surface area contributed by atoms with Crippen LogP contribution in [0.3, 0.4) is 0 Å². The Balaban J connectivity index is 2.34. The number of carbonyl (C=O) groups is 1. The van der Waals surface area contributed by atoms with Gasteiger partial charge in [-0.15, -0.1) is 0 Å². The fourth-order valence-electron chi connectivity index (χ4n) is 2.02. The molecule has 2 aromatic rings. The number of amides is 1. The first kappa shape index (κ1) is 16.8. The van der Waals surface area contributed by atoms with E-state index in [1.54, 1.807) is 6.92 Å². The summed E-state index contributed by atoms with van der Waals surface area (Å²) in [6.07, 6.45) is 0. The Kier molecular flexibility index (Phi) is 4.60. The number of hydrogen-bond acceptors (Lipinski definition) is 7. The van der Waals surface area contributed by atoms with E-state index in [1.165, 1.54) is 39.3 Å². The summed E-state index contributed by atoms with van der Waals surface area (Å²) in [5.41, 5.74) is 0.400. The van der Waals surface area contributed by atoms with E-state index in [-0.39, 0.29) is 22.0 Å². The number of aromatic nitrogens is 1. The number of benzene rings is 1. The second-order valence-corrected chi connectivity index (χ2v) is 6.33. The van der Waals surface area contributed by atoms with Gasteiger partial charge in [0.15, 0.2) is 11.5 Å². The molecule has 1 amide bonds. The van der Waals surface area contributed by atoms with Gasteiger partial charge in [-0.05, 0) is 26.0 Å². The van der Waals surface area contributed by atoms with Gasteiger partial charge in [0.05, 0.1) is 24.8 Å². The van der Waals surface area contributed by atoms with Crippen LogP contribution in [0.15, 0.2) is 27.6 Å². The highest BCUT2D eigenvalue weighted by atomic mass is 32.2. The fourth-order valence-corrected chi connectivity index (χ4v) is 3.00. The second kappa shape index (κ2) is 6.29. The third-order valence-corrected chi connectivity index (χ3v) is 4.48. The topological polar surface area (TPSA) is 108 Å². The van der Waals surface area contributed by atoms with Gasteiger partial charge >= 0.3 is 0 Å². The number of carbonyl (C=O) groups excluding carboxylic acids is 1. The highest BCUT2D eigenvalue weighted by molar-refractivity contribution is 7.90. The van der Waals surface area contributed by atoms with Crippen molar-refractivity contribution in [2.45, 2.75) is 18.7 Å². The lowest BCUT2D eigenvalue weighted by Gasteiger charge is -2.11. The summed E-state index contributed by atoms with van der Waals surface area (Å²) in [5.74, 6) is 0.0437. The van der Waals surface area contributed by atoms with Gasteiger partial charge < -0.3 is 14.0 Å². The quantitative estimate of drug-likeness (QED) is 0.877. The zero-order chi connectivity index (χ0) is 17.2. The zero-order valence-corrected chi connectivity index (χ0v) is 13.9. The van der Waals surface area contributed by atoms with Crippen molar-refractivity contribution in [2.75, 3.05) is 14.2 Å². The summed E-state index contributed by atoms with van der Waals surface area (Å²) in [4.78, 5) is 12.0. The van der Waals surface area contributed by atoms with Crippen molar-refractivity contribution in [1.82, 2.24) is 9.88 Å². The zero-order valence-electron chi connectivity index (χ0n) is 13.0. The summed E-state index contributed by atoms with van der Waals surface area (Å²) >= 11 is 0. The monoisotopic (exact) mass is 340 g/mol. The molecular weight excluding hydrogens is 324 g/mol. The minimum Gasteiger partial charge on any atom is -0.493 e. The van der Waals surface area contributed by atoms with Crippen LogP contribution in [0.1, 0.15) is 21.8 Å². The lowest BCUT2D eigenvalue weighted by atomic mass is 10.2. The first-order valence-corrected chi connectivity index (χ1v) is 8.00. The van der Waals surface area contributed by atoms with Crippen molar-refractivity contribution in [3.8, 4) is 11.5 Å². The van der Waals surface area contributed by atoms with Crippen LogP contribution in [0, 0.1) is 13.8 Å². The van der Waals surface area contributed by atoms with Crippen LogP contribution in [0.25, 0.3) is 0 Å². The van der Waals surface area contributed by atoms with E-state index in [2.05, 4.69) is 5.16 Å². The Morgan fingerprint density at radius 3 is 2.35 bits per heavy atom. The molecule has 0 saturated heterocycles. The lowest BCUT2D eigenvalue weighted by Crippen LogP contribution is -2.31. The average molecular weight is 340 g/mol.